The molecule has 1 saturated heterocycles. The van der Waals surface area contributed by atoms with Gasteiger partial charge in [0, 0.05) is 6.42 Å². The molecule has 1 heterocycles. The molecule has 454 valence electrons. The summed E-state index contributed by atoms with van der Waals surface area (Å²) in [6.45, 7) is 3.76. The topological polar surface area (TPSA) is 149 Å². The molecule has 0 radical (unpaired) electrons. The van der Waals surface area contributed by atoms with Gasteiger partial charge in [0.1, 0.15) is 24.4 Å². The number of aliphatic hydroxyl groups excluding tert-OH is 5. The molecule has 0 aromatic rings. The summed E-state index contributed by atoms with van der Waals surface area (Å²) in [6, 6.07) is -0.727. The SMILES string of the molecule is CC/C=C\C/C=C\C/C=C\C/C=C\C/C=C\C/C=C\CCCCCCCCCCCCC(=O)NC(COC1OC(CO)C(O)C(O)C1O)C(O)CCCCCCCCCCCCCCCCCCCCCCCCCCCC. The lowest BCUT2D eigenvalue weighted by atomic mass is 9.99. The van der Waals surface area contributed by atoms with Crippen LogP contribution in [0.25, 0.3) is 0 Å². The molecular formula is C69H125NO8. The molecule has 0 aromatic carbocycles. The second-order valence-electron chi connectivity index (χ2n) is 22.9. The number of hydrogen-bond donors (Lipinski definition) is 6. The van der Waals surface area contributed by atoms with Gasteiger partial charge in [-0.2, -0.15) is 0 Å². The quantitative estimate of drug-likeness (QED) is 0.0261. The van der Waals surface area contributed by atoms with Gasteiger partial charge in [-0.05, 0) is 64.2 Å². The van der Waals surface area contributed by atoms with E-state index in [1.165, 1.54) is 193 Å². The Bertz CT molecular complexity index is 1460. The minimum absolute atomic E-state index is 0.141. The Morgan fingerprint density at radius 1 is 0.449 bits per heavy atom. The Morgan fingerprint density at radius 3 is 1.18 bits per heavy atom. The first-order chi connectivity index (χ1) is 38.3. The van der Waals surface area contributed by atoms with Crippen LogP contribution in [-0.4, -0.2) is 87.5 Å². The second-order valence-corrected chi connectivity index (χ2v) is 22.9. The molecule has 1 aliphatic rings. The monoisotopic (exact) mass is 1100 g/mol. The molecule has 0 aliphatic carbocycles. The van der Waals surface area contributed by atoms with Gasteiger partial charge >= 0.3 is 0 Å². The zero-order valence-corrected chi connectivity index (χ0v) is 50.7. The third kappa shape index (κ3) is 46.3. The molecule has 7 unspecified atom stereocenters. The number of nitrogens with one attached hydrogen (secondary N) is 1. The Kier molecular flexibility index (Phi) is 54.6. The summed E-state index contributed by atoms with van der Waals surface area (Å²) in [5.74, 6) is -0.148. The summed E-state index contributed by atoms with van der Waals surface area (Å²) >= 11 is 0. The summed E-state index contributed by atoms with van der Waals surface area (Å²) in [4.78, 5) is 13.1. The third-order valence-corrected chi connectivity index (χ3v) is 15.6. The number of rotatable bonds is 57. The van der Waals surface area contributed by atoms with Crippen LogP contribution < -0.4 is 5.32 Å². The van der Waals surface area contributed by atoms with Crippen molar-refractivity contribution in [2.45, 2.75) is 346 Å². The zero-order chi connectivity index (χ0) is 56.5. The van der Waals surface area contributed by atoms with Crippen LogP contribution in [0.1, 0.15) is 303 Å². The van der Waals surface area contributed by atoms with E-state index >= 15 is 0 Å². The standard InChI is InChI=1S/C69H125NO8/c1-3-5-7-9-11-13-15-17-19-21-23-25-27-29-31-32-33-35-37-39-41-43-45-47-49-51-53-55-57-59-65(73)70-62(61-77-69-68(76)67(75)66(74)64(60-71)78-69)63(72)58-56-54-52-50-48-46-44-42-40-38-36-34-30-28-26-24-22-20-18-16-14-12-10-8-6-4-2/h5,7,11,13,17,19,23,25,29,31,33,35,62-64,66-69,71-72,74-76H,3-4,6,8-10,12,14-16,18,20-22,24,26-28,30,32,34,36-61H2,1-2H3,(H,70,73)/b7-5-,13-11-,19-17-,25-23-,31-29-,35-33-. The maximum absolute atomic E-state index is 13.1. The molecule has 9 nitrogen and oxygen atoms in total. The molecular weight excluding hydrogens is 971 g/mol. The zero-order valence-electron chi connectivity index (χ0n) is 50.7. The van der Waals surface area contributed by atoms with Crippen molar-refractivity contribution in [2.24, 2.45) is 0 Å². The number of hydrogen-bond acceptors (Lipinski definition) is 8. The molecule has 6 N–H and O–H groups in total. The molecule has 9 heteroatoms. The average molecular weight is 1100 g/mol. The van der Waals surface area contributed by atoms with Crippen LogP contribution in [0.2, 0.25) is 0 Å². The maximum atomic E-state index is 13.1. The van der Waals surface area contributed by atoms with Crippen LogP contribution in [0.5, 0.6) is 0 Å². The Hall–Kier alpha value is -2.37. The molecule has 1 fully saturated rings. The van der Waals surface area contributed by atoms with Crippen LogP contribution in [0.15, 0.2) is 72.9 Å². The van der Waals surface area contributed by atoms with Crippen molar-refractivity contribution in [2.75, 3.05) is 13.2 Å². The lowest BCUT2D eigenvalue weighted by Crippen LogP contribution is -2.60. The Labute approximate surface area is 480 Å². The first kappa shape index (κ1) is 73.6. The van der Waals surface area contributed by atoms with Gasteiger partial charge in [0.25, 0.3) is 0 Å². The van der Waals surface area contributed by atoms with E-state index in [0.717, 1.165) is 83.5 Å². The summed E-state index contributed by atoms with van der Waals surface area (Å²) in [6.07, 6.45) is 73.7. The van der Waals surface area contributed by atoms with Gasteiger partial charge in [0.2, 0.25) is 5.91 Å². The molecule has 0 saturated carbocycles. The van der Waals surface area contributed by atoms with E-state index in [1.54, 1.807) is 0 Å². The first-order valence-corrected chi connectivity index (χ1v) is 33.1. The third-order valence-electron chi connectivity index (χ3n) is 15.6. The minimum Gasteiger partial charge on any atom is -0.394 e. The normalized spacial score (nSPS) is 19.1. The summed E-state index contributed by atoms with van der Waals surface area (Å²) < 4.78 is 11.4. The predicted molar refractivity (Wildman–Crippen MR) is 332 cm³/mol. The van der Waals surface area contributed by atoms with Gasteiger partial charge in [-0.15, -0.1) is 0 Å². The number of carbonyl (C=O) groups is 1. The van der Waals surface area contributed by atoms with Gasteiger partial charge in [0.05, 0.1) is 25.4 Å². The van der Waals surface area contributed by atoms with Crippen LogP contribution in [-0.2, 0) is 14.3 Å². The molecule has 78 heavy (non-hydrogen) atoms. The highest BCUT2D eigenvalue weighted by atomic mass is 16.7. The first-order valence-electron chi connectivity index (χ1n) is 33.1. The van der Waals surface area contributed by atoms with Gasteiger partial charge in [-0.25, -0.2) is 0 Å². The van der Waals surface area contributed by atoms with Gasteiger partial charge < -0.3 is 40.3 Å². The minimum atomic E-state index is -1.56. The van der Waals surface area contributed by atoms with E-state index < -0.39 is 49.5 Å². The highest BCUT2D eigenvalue weighted by molar-refractivity contribution is 5.76. The number of carbonyl (C=O) groups excluding carboxylic acids is 1. The van der Waals surface area contributed by atoms with E-state index in [2.05, 4.69) is 92.1 Å². The van der Waals surface area contributed by atoms with Crippen LogP contribution in [0, 0.1) is 0 Å². The molecule has 7 atom stereocenters. The Balaban J connectivity index is 2.16. The highest BCUT2D eigenvalue weighted by Crippen LogP contribution is 2.23. The van der Waals surface area contributed by atoms with Gasteiger partial charge in [0.15, 0.2) is 6.29 Å². The second kappa shape index (κ2) is 57.8. The molecule has 0 bridgehead atoms. The Morgan fingerprint density at radius 2 is 0.795 bits per heavy atom. The fourth-order valence-corrected chi connectivity index (χ4v) is 10.4. The fourth-order valence-electron chi connectivity index (χ4n) is 10.4. The predicted octanol–water partition coefficient (Wildman–Crippen LogP) is 17.6. The van der Waals surface area contributed by atoms with E-state index in [9.17, 15) is 30.3 Å². The highest BCUT2D eigenvalue weighted by Gasteiger charge is 2.44. The van der Waals surface area contributed by atoms with Crippen molar-refractivity contribution in [3.05, 3.63) is 72.9 Å². The van der Waals surface area contributed by atoms with Crippen LogP contribution in [0.3, 0.4) is 0 Å². The van der Waals surface area contributed by atoms with Gasteiger partial charge in [-0.3, -0.25) is 4.79 Å². The molecule has 1 rings (SSSR count). The number of unbranched alkanes of at least 4 members (excludes halogenated alkanes) is 35. The number of amides is 1. The van der Waals surface area contributed by atoms with Crippen molar-refractivity contribution in [1.82, 2.24) is 5.32 Å². The van der Waals surface area contributed by atoms with Crippen molar-refractivity contribution in [1.29, 1.82) is 0 Å². The number of aliphatic hydroxyl groups is 5. The van der Waals surface area contributed by atoms with Crippen molar-refractivity contribution in [3.63, 3.8) is 0 Å². The largest absolute Gasteiger partial charge is 0.394 e. The fraction of sp³-hybridized carbons (Fsp3) is 0.812. The van der Waals surface area contributed by atoms with Crippen LogP contribution >= 0.6 is 0 Å². The van der Waals surface area contributed by atoms with Crippen molar-refractivity contribution >= 4 is 5.91 Å². The molecule has 1 aliphatic heterocycles. The lowest BCUT2D eigenvalue weighted by molar-refractivity contribution is -0.302. The van der Waals surface area contributed by atoms with Crippen LogP contribution in [0.4, 0.5) is 0 Å². The van der Waals surface area contributed by atoms with Gasteiger partial charge in [-0.1, -0.05) is 305 Å². The van der Waals surface area contributed by atoms with E-state index in [4.69, 9.17) is 9.47 Å². The lowest BCUT2D eigenvalue weighted by Gasteiger charge is -2.40. The number of ether oxygens (including phenoxy) is 2. The summed E-state index contributed by atoms with van der Waals surface area (Å²) in [7, 11) is 0. The average Bonchev–Trinajstić information content (AvgIpc) is 3.45. The van der Waals surface area contributed by atoms with E-state index in [-0.39, 0.29) is 12.5 Å². The summed E-state index contributed by atoms with van der Waals surface area (Å²) in [5, 5.41) is 54.9. The summed E-state index contributed by atoms with van der Waals surface area (Å²) in [5.41, 5.74) is 0. The molecule has 1 amide bonds. The van der Waals surface area contributed by atoms with E-state index in [1.807, 2.05) is 0 Å². The molecule has 0 spiro atoms. The molecule has 0 aromatic heterocycles. The van der Waals surface area contributed by atoms with Crippen molar-refractivity contribution < 1.29 is 39.8 Å². The number of allylic oxidation sites excluding steroid dienone is 12. The maximum Gasteiger partial charge on any atom is 0.220 e. The van der Waals surface area contributed by atoms with E-state index in [0.29, 0.717) is 12.8 Å². The smallest absolute Gasteiger partial charge is 0.220 e. The van der Waals surface area contributed by atoms with Crippen molar-refractivity contribution in [3.8, 4) is 0 Å².